The fourth-order valence-corrected chi connectivity index (χ4v) is 3.47. The van der Waals surface area contributed by atoms with Gasteiger partial charge in [-0.25, -0.2) is 0 Å². The van der Waals surface area contributed by atoms with Crippen molar-refractivity contribution in [2.24, 2.45) is 0 Å². The third-order valence-electron chi connectivity index (χ3n) is 5.13. The van der Waals surface area contributed by atoms with Gasteiger partial charge in [-0.3, -0.25) is 9.59 Å². The molecule has 0 fully saturated rings. The Balaban J connectivity index is 1.63. The first kappa shape index (κ1) is 18.7. The molecule has 1 aromatic heterocycles. The molecule has 4 heteroatoms. The van der Waals surface area contributed by atoms with Crippen molar-refractivity contribution in [3.05, 3.63) is 112 Å². The highest BCUT2D eigenvalue weighted by atomic mass is 16.2. The van der Waals surface area contributed by atoms with E-state index in [9.17, 15) is 9.59 Å². The number of hydrogen-bond donors (Lipinski definition) is 1. The number of aryl methyl sites for hydroxylation is 2. The monoisotopic (exact) mass is 382 g/mol. The van der Waals surface area contributed by atoms with E-state index >= 15 is 0 Å². The number of benzene rings is 3. The fourth-order valence-electron chi connectivity index (χ4n) is 3.47. The van der Waals surface area contributed by atoms with E-state index < -0.39 is 0 Å². The number of amides is 1. The van der Waals surface area contributed by atoms with Crippen molar-refractivity contribution in [1.29, 1.82) is 0 Å². The Bertz CT molecular complexity index is 1270. The van der Waals surface area contributed by atoms with E-state index in [1.54, 1.807) is 16.8 Å². The van der Waals surface area contributed by atoms with Crippen molar-refractivity contribution in [2.75, 3.05) is 5.32 Å². The Morgan fingerprint density at radius 2 is 1.72 bits per heavy atom. The molecule has 0 spiro atoms. The highest BCUT2D eigenvalue weighted by molar-refractivity contribution is 6.09. The van der Waals surface area contributed by atoms with Crippen molar-refractivity contribution < 1.29 is 4.79 Å². The van der Waals surface area contributed by atoms with Gasteiger partial charge in [-0.1, -0.05) is 60.2 Å². The summed E-state index contributed by atoms with van der Waals surface area (Å²) in [6.45, 7) is 4.48. The van der Waals surface area contributed by atoms with E-state index in [0.29, 0.717) is 12.1 Å². The van der Waals surface area contributed by atoms with Gasteiger partial charge in [-0.05, 0) is 42.5 Å². The average Bonchev–Trinajstić information content (AvgIpc) is 2.72. The van der Waals surface area contributed by atoms with E-state index in [0.717, 1.165) is 33.2 Å². The molecular weight excluding hydrogens is 360 g/mol. The summed E-state index contributed by atoms with van der Waals surface area (Å²) in [5.74, 6) is -0.240. The van der Waals surface area contributed by atoms with Crippen LogP contribution in [0.4, 0.5) is 5.69 Å². The second kappa shape index (κ2) is 7.76. The van der Waals surface area contributed by atoms with Crippen LogP contribution in [0, 0.1) is 13.8 Å². The molecular formula is C25H22N2O2. The first-order valence-corrected chi connectivity index (χ1v) is 9.57. The normalized spacial score (nSPS) is 10.8. The van der Waals surface area contributed by atoms with Gasteiger partial charge in [-0.2, -0.15) is 0 Å². The van der Waals surface area contributed by atoms with Crippen LogP contribution in [-0.2, 0) is 6.54 Å². The molecule has 0 saturated carbocycles. The Labute approximate surface area is 169 Å². The average molecular weight is 382 g/mol. The number of nitrogens with zero attached hydrogens (tertiary/aromatic N) is 1. The molecule has 29 heavy (non-hydrogen) atoms. The van der Waals surface area contributed by atoms with Crippen LogP contribution in [0.2, 0.25) is 0 Å². The first-order chi connectivity index (χ1) is 14.0. The molecule has 0 atom stereocenters. The smallest absolute Gasteiger partial charge is 0.257 e. The second-order valence-electron chi connectivity index (χ2n) is 7.29. The highest BCUT2D eigenvalue weighted by Gasteiger charge is 2.11. The Hall–Kier alpha value is -3.66. The summed E-state index contributed by atoms with van der Waals surface area (Å²) in [5, 5.41) is 5.02. The molecule has 1 N–H and O–H groups in total. The molecule has 144 valence electrons. The number of aromatic nitrogens is 1. The lowest BCUT2D eigenvalue weighted by Gasteiger charge is -2.12. The topological polar surface area (TPSA) is 51.1 Å². The van der Waals surface area contributed by atoms with Crippen LogP contribution >= 0.6 is 0 Å². The first-order valence-electron chi connectivity index (χ1n) is 9.57. The number of anilines is 1. The molecule has 4 aromatic rings. The zero-order chi connectivity index (χ0) is 20.4. The Kier molecular flexibility index (Phi) is 5.00. The summed E-state index contributed by atoms with van der Waals surface area (Å²) >= 11 is 0. The zero-order valence-electron chi connectivity index (χ0n) is 16.5. The minimum atomic E-state index is -0.240. The van der Waals surface area contributed by atoms with Crippen molar-refractivity contribution in [3.63, 3.8) is 0 Å². The van der Waals surface area contributed by atoms with Crippen LogP contribution in [0.5, 0.6) is 0 Å². The molecule has 3 aromatic carbocycles. The van der Waals surface area contributed by atoms with Crippen molar-refractivity contribution in [3.8, 4) is 0 Å². The van der Waals surface area contributed by atoms with E-state index in [4.69, 9.17) is 0 Å². The van der Waals surface area contributed by atoms with E-state index in [1.165, 1.54) is 6.07 Å². The summed E-state index contributed by atoms with van der Waals surface area (Å²) in [5.41, 5.74) is 4.39. The molecule has 4 rings (SSSR count). The summed E-state index contributed by atoms with van der Waals surface area (Å²) in [7, 11) is 0. The standard InChI is InChI=1S/C25H22N2O2/c1-17-10-11-18(2)21(14-17)16-27-15-20(12-13-24(27)28)25(29)26-23-9-5-7-19-6-3-4-8-22(19)23/h3-15H,16H2,1-2H3,(H,26,29). The molecule has 1 heterocycles. The van der Waals surface area contributed by atoms with Crippen LogP contribution in [-0.4, -0.2) is 10.5 Å². The molecule has 0 unspecified atom stereocenters. The molecule has 0 aliphatic carbocycles. The quantitative estimate of drug-likeness (QED) is 0.545. The lowest BCUT2D eigenvalue weighted by Crippen LogP contribution is -2.23. The second-order valence-corrected chi connectivity index (χ2v) is 7.29. The number of rotatable bonds is 4. The summed E-state index contributed by atoms with van der Waals surface area (Å²) in [6.07, 6.45) is 1.63. The summed E-state index contributed by atoms with van der Waals surface area (Å²) in [6, 6.07) is 22.9. The lowest BCUT2D eigenvalue weighted by atomic mass is 10.1. The van der Waals surface area contributed by atoms with Gasteiger partial charge in [0.2, 0.25) is 0 Å². The van der Waals surface area contributed by atoms with Gasteiger partial charge in [0.1, 0.15) is 0 Å². The third kappa shape index (κ3) is 3.97. The largest absolute Gasteiger partial charge is 0.321 e. The van der Waals surface area contributed by atoms with Crippen molar-refractivity contribution >= 4 is 22.4 Å². The molecule has 0 radical (unpaired) electrons. The molecule has 0 saturated heterocycles. The van der Waals surface area contributed by atoms with Crippen LogP contribution in [0.15, 0.2) is 83.8 Å². The Morgan fingerprint density at radius 3 is 2.59 bits per heavy atom. The molecule has 4 nitrogen and oxygen atoms in total. The van der Waals surface area contributed by atoms with Crippen LogP contribution in [0.1, 0.15) is 27.0 Å². The van der Waals surface area contributed by atoms with Gasteiger partial charge < -0.3 is 9.88 Å². The van der Waals surface area contributed by atoms with Gasteiger partial charge in [0.05, 0.1) is 12.1 Å². The maximum atomic E-state index is 12.9. The SMILES string of the molecule is Cc1ccc(C)c(Cn2cc(C(=O)Nc3cccc4ccccc34)ccc2=O)c1. The maximum Gasteiger partial charge on any atom is 0.257 e. The number of pyridine rings is 1. The minimum absolute atomic E-state index is 0.132. The maximum absolute atomic E-state index is 12.9. The van der Waals surface area contributed by atoms with Gasteiger partial charge in [0, 0.05) is 23.3 Å². The molecule has 0 aliphatic heterocycles. The minimum Gasteiger partial charge on any atom is -0.321 e. The number of hydrogen-bond acceptors (Lipinski definition) is 2. The number of nitrogens with one attached hydrogen (secondary N) is 1. The van der Waals surface area contributed by atoms with Gasteiger partial charge in [0.25, 0.3) is 11.5 Å². The molecule has 1 amide bonds. The number of fused-ring (bicyclic) bond motifs is 1. The van der Waals surface area contributed by atoms with Gasteiger partial charge >= 0.3 is 0 Å². The van der Waals surface area contributed by atoms with Crippen LogP contribution < -0.4 is 10.9 Å². The molecule has 0 bridgehead atoms. The van der Waals surface area contributed by atoms with E-state index in [1.807, 2.05) is 62.4 Å². The zero-order valence-corrected chi connectivity index (χ0v) is 16.5. The lowest BCUT2D eigenvalue weighted by molar-refractivity contribution is 0.102. The highest BCUT2D eigenvalue weighted by Crippen LogP contribution is 2.23. The summed E-state index contributed by atoms with van der Waals surface area (Å²) < 4.78 is 1.58. The predicted octanol–water partition coefficient (Wildman–Crippen LogP) is 4.92. The number of carbonyl (C=O) groups is 1. The van der Waals surface area contributed by atoms with Crippen LogP contribution in [0.25, 0.3) is 10.8 Å². The van der Waals surface area contributed by atoms with Crippen molar-refractivity contribution in [1.82, 2.24) is 4.57 Å². The Morgan fingerprint density at radius 1 is 0.931 bits per heavy atom. The van der Waals surface area contributed by atoms with Crippen LogP contribution in [0.3, 0.4) is 0 Å². The summed E-state index contributed by atoms with van der Waals surface area (Å²) in [4.78, 5) is 25.2. The predicted molar refractivity (Wildman–Crippen MR) is 118 cm³/mol. The third-order valence-corrected chi connectivity index (χ3v) is 5.13. The fraction of sp³-hybridized carbons (Fsp3) is 0.120. The van der Waals surface area contributed by atoms with Crippen molar-refractivity contribution in [2.45, 2.75) is 20.4 Å². The molecule has 0 aliphatic rings. The van der Waals surface area contributed by atoms with E-state index in [2.05, 4.69) is 17.4 Å². The van der Waals surface area contributed by atoms with Gasteiger partial charge in [0.15, 0.2) is 0 Å². The number of carbonyl (C=O) groups excluding carboxylic acids is 1. The van der Waals surface area contributed by atoms with Gasteiger partial charge in [-0.15, -0.1) is 0 Å². The van der Waals surface area contributed by atoms with E-state index in [-0.39, 0.29) is 11.5 Å².